The van der Waals surface area contributed by atoms with Crippen molar-refractivity contribution >= 4 is 70.1 Å². The first-order valence-electron chi connectivity index (χ1n) is 15.7. The zero-order valence-corrected chi connectivity index (χ0v) is 25.9. The Kier molecular flexibility index (Phi) is 6.40. The molecule has 0 radical (unpaired) electrons. The van der Waals surface area contributed by atoms with Gasteiger partial charge in [-0.1, -0.05) is 133 Å². The average molecular weight is 604 g/mol. The van der Waals surface area contributed by atoms with Crippen LogP contribution in [0, 0.1) is 0 Å². The molecule has 0 unspecified atom stereocenters. The number of fused-ring (bicyclic) bond motifs is 6. The van der Waals surface area contributed by atoms with Gasteiger partial charge in [0.05, 0.1) is 0 Å². The highest BCUT2D eigenvalue weighted by Gasteiger charge is 2.14. The van der Waals surface area contributed by atoms with Crippen LogP contribution in [0.3, 0.4) is 0 Å². The molecule has 0 N–H and O–H groups in total. The maximum absolute atomic E-state index is 2.35. The van der Waals surface area contributed by atoms with Gasteiger partial charge in [-0.3, -0.25) is 0 Å². The SMILES string of the molecule is c1ccc(N(c2ccc(-c3ccc4c(c3)sc3c5ccccc5ccc43)cc2)c2ccc(-c3cccc4ccccc34)cc2)cc1. The van der Waals surface area contributed by atoms with Crippen LogP contribution >= 0.6 is 11.3 Å². The van der Waals surface area contributed by atoms with Crippen molar-refractivity contribution in [2.24, 2.45) is 0 Å². The van der Waals surface area contributed by atoms with Crippen LogP contribution in [-0.4, -0.2) is 0 Å². The monoisotopic (exact) mass is 603 g/mol. The largest absolute Gasteiger partial charge is 0.311 e. The Balaban J connectivity index is 1.08. The fraction of sp³-hybridized carbons (Fsp3) is 0. The molecule has 0 amide bonds. The van der Waals surface area contributed by atoms with Gasteiger partial charge in [0.15, 0.2) is 0 Å². The molecule has 9 rings (SSSR count). The van der Waals surface area contributed by atoms with E-state index in [1.165, 1.54) is 64.0 Å². The van der Waals surface area contributed by atoms with Crippen molar-refractivity contribution in [1.82, 2.24) is 0 Å². The van der Waals surface area contributed by atoms with Gasteiger partial charge in [-0.05, 0) is 86.3 Å². The Bertz CT molecular complexity index is 2500. The number of thiophene rings is 1. The van der Waals surface area contributed by atoms with Crippen LogP contribution in [-0.2, 0) is 0 Å². The molecule has 0 aliphatic rings. The molecule has 8 aromatic carbocycles. The molecular formula is C44H29NS. The standard InChI is InChI=1S/C44H29NS/c1-2-12-35(13-3-1)45(37-25-19-33(20-26-37)39-16-8-11-31-9-4-6-14-38(31)39)36-23-17-30(18-24-36)34-22-27-41-42-28-21-32-10-5-7-15-40(32)44(42)46-43(41)29-34/h1-29H. The smallest absolute Gasteiger partial charge is 0.0462 e. The van der Waals surface area contributed by atoms with E-state index < -0.39 is 0 Å². The third-order valence-corrected chi connectivity index (χ3v) is 10.3. The van der Waals surface area contributed by atoms with Crippen molar-refractivity contribution < 1.29 is 0 Å². The summed E-state index contributed by atoms with van der Waals surface area (Å²) in [6.45, 7) is 0. The van der Waals surface area contributed by atoms with Crippen molar-refractivity contribution in [3.8, 4) is 22.3 Å². The van der Waals surface area contributed by atoms with Crippen molar-refractivity contribution in [2.45, 2.75) is 0 Å². The van der Waals surface area contributed by atoms with E-state index in [9.17, 15) is 0 Å². The number of para-hydroxylation sites is 1. The number of nitrogens with zero attached hydrogens (tertiary/aromatic N) is 1. The Morgan fingerprint density at radius 3 is 1.67 bits per heavy atom. The van der Waals surface area contributed by atoms with Crippen LogP contribution in [0.25, 0.3) is 64.0 Å². The van der Waals surface area contributed by atoms with Crippen molar-refractivity contribution in [3.05, 3.63) is 176 Å². The lowest BCUT2D eigenvalue weighted by Gasteiger charge is -2.26. The summed E-state index contributed by atoms with van der Waals surface area (Å²) in [5.41, 5.74) is 8.31. The molecule has 0 fully saturated rings. The van der Waals surface area contributed by atoms with Gasteiger partial charge in [-0.15, -0.1) is 11.3 Å². The molecule has 0 atom stereocenters. The van der Waals surface area contributed by atoms with E-state index in [4.69, 9.17) is 0 Å². The van der Waals surface area contributed by atoms with Crippen LogP contribution in [0.15, 0.2) is 176 Å². The summed E-state index contributed by atoms with van der Waals surface area (Å²) in [6, 6.07) is 63.8. The van der Waals surface area contributed by atoms with Crippen LogP contribution < -0.4 is 4.90 Å². The van der Waals surface area contributed by atoms with Crippen LogP contribution in [0.5, 0.6) is 0 Å². The average Bonchev–Trinajstić information content (AvgIpc) is 3.51. The molecule has 1 aromatic heterocycles. The van der Waals surface area contributed by atoms with Gasteiger partial charge in [0.25, 0.3) is 0 Å². The Morgan fingerprint density at radius 2 is 0.913 bits per heavy atom. The molecule has 0 saturated heterocycles. The summed E-state index contributed by atoms with van der Waals surface area (Å²) in [7, 11) is 0. The highest BCUT2D eigenvalue weighted by Crippen LogP contribution is 2.41. The topological polar surface area (TPSA) is 3.24 Å². The maximum atomic E-state index is 2.35. The number of anilines is 3. The lowest BCUT2D eigenvalue weighted by molar-refractivity contribution is 1.28. The van der Waals surface area contributed by atoms with E-state index in [1.807, 2.05) is 11.3 Å². The summed E-state index contributed by atoms with van der Waals surface area (Å²) >= 11 is 1.89. The van der Waals surface area contributed by atoms with Crippen molar-refractivity contribution in [3.63, 3.8) is 0 Å². The molecule has 0 spiro atoms. The zero-order chi connectivity index (χ0) is 30.5. The molecule has 0 aliphatic heterocycles. The zero-order valence-electron chi connectivity index (χ0n) is 25.1. The quantitative estimate of drug-likeness (QED) is 0.189. The van der Waals surface area contributed by atoms with E-state index in [2.05, 4.69) is 181 Å². The predicted octanol–water partition coefficient (Wildman–Crippen LogP) is 13.2. The Labute approximate surface area is 272 Å². The second kappa shape index (κ2) is 11.0. The van der Waals surface area contributed by atoms with Gasteiger partial charge < -0.3 is 4.90 Å². The Hall–Kier alpha value is -5.70. The molecule has 1 nitrogen and oxygen atoms in total. The van der Waals surface area contributed by atoms with E-state index in [0.29, 0.717) is 0 Å². The molecule has 0 aliphatic carbocycles. The molecule has 0 saturated carbocycles. The maximum Gasteiger partial charge on any atom is 0.0462 e. The number of hydrogen-bond donors (Lipinski definition) is 0. The first kappa shape index (κ1) is 26.7. The van der Waals surface area contributed by atoms with E-state index >= 15 is 0 Å². The highest BCUT2D eigenvalue weighted by molar-refractivity contribution is 7.26. The highest BCUT2D eigenvalue weighted by atomic mass is 32.1. The lowest BCUT2D eigenvalue weighted by atomic mass is 9.98. The fourth-order valence-corrected chi connectivity index (χ4v) is 8.06. The van der Waals surface area contributed by atoms with Crippen LogP contribution in [0.2, 0.25) is 0 Å². The molecular weight excluding hydrogens is 575 g/mol. The first-order chi connectivity index (χ1) is 22.8. The number of hydrogen-bond acceptors (Lipinski definition) is 2. The second-order valence-corrected chi connectivity index (χ2v) is 12.8. The summed E-state index contributed by atoms with van der Waals surface area (Å²) in [5, 5.41) is 7.83. The lowest BCUT2D eigenvalue weighted by Crippen LogP contribution is -2.09. The molecule has 2 heteroatoms. The van der Waals surface area contributed by atoms with E-state index in [-0.39, 0.29) is 0 Å². The minimum absolute atomic E-state index is 1.13. The number of benzene rings is 8. The van der Waals surface area contributed by atoms with Gasteiger partial charge in [0, 0.05) is 37.2 Å². The minimum atomic E-state index is 1.13. The molecule has 46 heavy (non-hydrogen) atoms. The van der Waals surface area contributed by atoms with Gasteiger partial charge in [0.1, 0.15) is 0 Å². The first-order valence-corrected chi connectivity index (χ1v) is 16.5. The van der Waals surface area contributed by atoms with Gasteiger partial charge in [0.2, 0.25) is 0 Å². The van der Waals surface area contributed by atoms with E-state index in [0.717, 1.165) is 17.1 Å². The van der Waals surface area contributed by atoms with Crippen molar-refractivity contribution in [2.75, 3.05) is 4.90 Å². The van der Waals surface area contributed by atoms with Gasteiger partial charge >= 0.3 is 0 Å². The fourth-order valence-electron chi connectivity index (χ4n) is 6.78. The van der Waals surface area contributed by atoms with Gasteiger partial charge in [-0.25, -0.2) is 0 Å². The summed E-state index contributed by atoms with van der Waals surface area (Å²) in [4.78, 5) is 2.33. The predicted molar refractivity (Wildman–Crippen MR) is 200 cm³/mol. The summed E-state index contributed by atoms with van der Waals surface area (Å²) < 4.78 is 2.69. The molecule has 9 aromatic rings. The summed E-state index contributed by atoms with van der Waals surface area (Å²) in [5.74, 6) is 0. The minimum Gasteiger partial charge on any atom is -0.311 e. The molecule has 216 valence electrons. The third kappa shape index (κ3) is 4.54. The third-order valence-electron chi connectivity index (χ3n) is 9.06. The van der Waals surface area contributed by atoms with E-state index in [1.54, 1.807) is 0 Å². The Morgan fingerprint density at radius 1 is 0.348 bits per heavy atom. The van der Waals surface area contributed by atoms with Crippen molar-refractivity contribution in [1.29, 1.82) is 0 Å². The van der Waals surface area contributed by atoms with Gasteiger partial charge in [-0.2, -0.15) is 0 Å². The molecule has 0 bridgehead atoms. The second-order valence-electron chi connectivity index (χ2n) is 11.8. The normalized spacial score (nSPS) is 11.5. The number of rotatable bonds is 5. The van der Waals surface area contributed by atoms with Crippen LogP contribution in [0.4, 0.5) is 17.1 Å². The summed E-state index contributed by atoms with van der Waals surface area (Å²) in [6.07, 6.45) is 0. The van der Waals surface area contributed by atoms with Crippen LogP contribution in [0.1, 0.15) is 0 Å². The molecule has 1 heterocycles.